The number of carbonyl (C=O) groups excluding carboxylic acids is 1. The number of amides is 1. The minimum Gasteiger partial charge on any atom is -0.494 e. The zero-order valence-corrected chi connectivity index (χ0v) is 15.4. The molecule has 0 aromatic heterocycles. The van der Waals surface area contributed by atoms with Gasteiger partial charge in [-0.1, -0.05) is 0 Å². The molecular weight excluding hydrogens is 320 g/mol. The summed E-state index contributed by atoms with van der Waals surface area (Å²) >= 11 is 0. The van der Waals surface area contributed by atoms with E-state index in [2.05, 4.69) is 24.0 Å². The predicted octanol–water partition coefficient (Wildman–Crippen LogP) is 2.68. The molecule has 0 aliphatic carbocycles. The first-order valence-electron chi connectivity index (χ1n) is 9.20. The number of ether oxygens (including phenoxy) is 3. The third-order valence-electron chi connectivity index (χ3n) is 4.67. The van der Waals surface area contributed by atoms with E-state index in [9.17, 15) is 4.79 Å². The molecule has 0 spiro atoms. The first-order chi connectivity index (χ1) is 12.1. The van der Waals surface area contributed by atoms with Crippen LogP contribution in [0, 0.1) is 0 Å². The standard InChI is InChI=1S/C19H28N2O4/c1-4-23-17-11-15-10-14(3)25-18(15)12-16(17)13-20-6-8-21(9-7-20)19(22)24-5-2/h11-12,14H,4-10,13H2,1-3H3. The molecule has 0 saturated carbocycles. The van der Waals surface area contributed by atoms with Gasteiger partial charge in [0.05, 0.1) is 13.2 Å². The van der Waals surface area contributed by atoms with Crippen LogP contribution in [-0.2, 0) is 17.7 Å². The van der Waals surface area contributed by atoms with Crippen molar-refractivity contribution in [1.29, 1.82) is 0 Å². The van der Waals surface area contributed by atoms with Crippen LogP contribution in [0.1, 0.15) is 31.9 Å². The summed E-state index contributed by atoms with van der Waals surface area (Å²) < 4.78 is 16.8. The number of nitrogens with zero attached hydrogens (tertiary/aromatic N) is 2. The van der Waals surface area contributed by atoms with E-state index in [4.69, 9.17) is 14.2 Å². The van der Waals surface area contributed by atoms with Crippen LogP contribution in [0.15, 0.2) is 12.1 Å². The number of rotatable bonds is 5. The first-order valence-corrected chi connectivity index (χ1v) is 9.20. The topological polar surface area (TPSA) is 51.2 Å². The first kappa shape index (κ1) is 17.9. The predicted molar refractivity (Wildman–Crippen MR) is 95.3 cm³/mol. The van der Waals surface area contributed by atoms with Crippen LogP contribution in [-0.4, -0.2) is 61.4 Å². The van der Waals surface area contributed by atoms with E-state index >= 15 is 0 Å². The van der Waals surface area contributed by atoms with Gasteiger partial charge >= 0.3 is 6.09 Å². The molecule has 6 heteroatoms. The van der Waals surface area contributed by atoms with Gasteiger partial charge < -0.3 is 19.1 Å². The minimum atomic E-state index is -0.211. The lowest BCUT2D eigenvalue weighted by molar-refractivity contribution is 0.0775. The van der Waals surface area contributed by atoms with E-state index in [1.807, 2.05) is 13.8 Å². The highest BCUT2D eigenvalue weighted by molar-refractivity contribution is 5.67. The van der Waals surface area contributed by atoms with Gasteiger partial charge in [-0.05, 0) is 32.9 Å². The normalized spacial score (nSPS) is 20.1. The van der Waals surface area contributed by atoms with Crippen LogP contribution in [0.4, 0.5) is 4.79 Å². The molecular formula is C19H28N2O4. The molecule has 0 N–H and O–H groups in total. The van der Waals surface area contributed by atoms with Gasteiger partial charge in [0.25, 0.3) is 0 Å². The van der Waals surface area contributed by atoms with Crippen LogP contribution < -0.4 is 9.47 Å². The third kappa shape index (κ3) is 4.18. The van der Waals surface area contributed by atoms with Crippen molar-refractivity contribution in [2.75, 3.05) is 39.4 Å². The van der Waals surface area contributed by atoms with Gasteiger partial charge in [0, 0.05) is 50.3 Å². The van der Waals surface area contributed by atoms with Gasteiger partial charge in [-0.3, -0.25) is 4.90 Å². The lowest BCUT2D eigenvalue weighted by Gasteiger charge is -2.34. The van der Waals surface area contributed by atoms with Crippen LogP contribution in [0.2, 0.25) is 0 Å². The van der Waals surface area contributed by atoms with E-state index in [-0.39, 0.29) is 12.2 Å². The van der Waals surface area contributed by atoms with Crippen molar-refractivity contribution in [2.45, 2.75) is 39.8 Å². The molecule has 138 valence electrons. The zero-order chi connectivity index (χ0) is 17.8. The summed E-state index contributed by atoms with van der Waals surface area (Å²) in [5.74, 6) is 1.93. The Bertz CT molecular complexity index is 612. The number of piperazine rings is 1. The Kier molecular flexibility index (Phi) is 5.68. The van der Waals surface area contributed by atoms with Crippen molar-refractivity contribution in [1.82, 2.24) is 9.80 Å². The monoisotopic (exact) mass is 348 g/mol. The van der Waals surface area contributed by atoms with E-state index in [1.54, 1.807) is 4.90 Å². The second-order valence-corrected chi connectivity index (χ2v) is 6.60. The Morgan fingerprint density at radius 1 is 1.20 bits per heavy atom. The highest BCUT2D eigenvalue weighted by Gasteiger charge is 2.25. The summed E-state index contributed by atoms with van der Waals surface area (Å²) in [5.41, 5.74) is 2.38. The fourth-order valence-corrected chi connectivity index (χ4v) is 3.44. The SMILES string of the molecule is CCOC(=O)N1CCN(Cc2cc3c(cc2OCC)CC(C)O3)CC1. The van der Waals surface area contributed by atoms with E-state index < -0.39 is 0 Å². The molecule has 2 aliphatic rings. The number of fused-ring (bicyclic) bond motifs is 1. The Morgan fingerprint density at radius 3 is 2.64 bits per heavy atom. The lowest BCUT2D eigenvalue weighted by atomic mass is 10.1. The second-order valence-electron chi connectivity index (χ2n) is 6.60. The molecule has 0 bridgehead atoms. The highest BCUT2D eigenvalue weighted by Crippen LogP contribution is 2.35. The molecule has 1 amide bonds. The summed E-state index contributed by atoms with van der Waals surface area (Å²) in [6, 6.07) is 4.26. The maximum absolute atomic E-state index is 11.8. The maximum atomic E-state index is 11.8. The third-order valence-corrected chi connectivity index (χ3v) is 4.67. The molecule has 6 nitrogen and oxygen atoms in total. The van der Waals surface area contributed by atoms with Crippen LogP contribution in [0.5, 0.6) is 11.5 Å². The average Bonchev–Trinajstić information content (AvgIpc) is 2.95. The zero-order valence-electron chi connectivity index (χ0n) is 15.4. The van der Waals surface area contributed by atoms with Gasteiger partial charge in [-0.2, -0.15) is 0 Å². The van der Waals surface area contributed by atoms with Gasteiger partial charge in [-0.15, -0.1) is 0 Å². The van der Waals surface area contributed by atoms with Crippen LogP contribution in [0.3, 0.4) is 0 Å². The molecule has 1 saturated heterocycles. The van der Waals surface area contributed by atoms with E-state index in [0.29, 0.717) is 26.3 Å². The summed E-state index contributed by atoms with van der Waals surface area (Å²) in [4.78, 5) is 15.9. The van der Waals surface area contributed by atoms with Crippen LogP contribution in [0.25, 0.3) is 0 Å². The lowest BCUT2D eigenvalue weighted by Crippen LogP contribution is -2.48. The fraction of sp³-hybridized carbons (Fsp3) is 0.632. The summed E-state index contributed by atoms with van der Waals surface area (Å²) in [6.45, 7) is 10.9. The number of hydrogen-bond donors (Lipinski definition) is 0. The second kappa shape index (κ2) is 7.95. The molecule has 25 heavy (non-hydrogen) atoms. The number of benzene rings is 1. The minimum absolute atomic E-state index is 0.211. The molecule has 1 aromatic rings. The van der Waals surface area contributed by atoms with E-state index in [1.165, 1.54) is 5.56 Å². The molecule has 0 radical (unpaired) electrons. The fourth-order valence-electron chi connectivity index (χ4n) is 3.44. The molecule has 1 atom stereocenters. The quantitative estimate of drug-likeness (QED) is 0.819. The van der Waals surface area contributed by atoms with Crippen molar-refractivity contribution < 1.29 is 19.0 Å². The molecule has 1 aromatic carbocycles. The number of hydrogen-bond acceptors (Lipinski definition) is 5. The largest absolute Gasteiger partial charge is 0.494 e. The summed E-state index contributed by atoms with van der Waals surface area (Å²) in [7, 11) is 0. The summed E-state index contributed by atoms with van der Waals surface area (Å²) in [5, 5.41) is 0. The van der Waals surface area contributed by atoms with Gasteiger partial charge in [0.1, 0.15) is 17.6 Å². The molecule has 2 heterocycles. The van der Waals surface area contributed by atoms with Crippen molar-refractivity contribution in [3.8, 4) is 11.5 Å². The molecule has 3 rings (SSSR count). The Labute approximate surface area is 149 Å². The van der Waals surface area contributed by atoms with Crippen LogP contribution >= 0.6 is 0 Å². The molecule has 2 aliphatic heterocycles. The van der Waals surface area contributed by atoms with Gasteiger partial charge in [0.2, 0.25) is 0 Å². The van der Waals surface area contributed by atoms with Gasteiger partial charge in [0.15, 0.2) is 0 Å². The van der Waals surface area contributed by atoms with Crippen molar-refractivity contribution >= 4 is 6.09 Å². The van der Waals surface area contributed by atoms with Crippen molar-refractivity contribution in [2.24, 2.45) is 0 Å². The maximum Gasteiger partial charge on any atom is 0.409 e. The Hall–Kier alpha value is -1.95. The molecule has 1 unspecified atom stereocenters. The summed E-state index contributed by atoms with van der Waals surface area (Å²) in [6.07, 6.45) is 0.957. The van der Waals surface area contributed by atoms with Crippen molar-refractivity contribution in [3.63, 3.8) is 0 Å². The van der Waals surface area contributed by atoms with E-state index in [0.717, 1.165) is 43.1 Å². The number of carbonyl (C=O) groups is 1. The van der Waals surface area contributed by atoms with Gasteiger partial charge in [-0.25, -0.2) is 4.79 Å². The molecule has 1 fully saturated rings. The average molecular weight is 348 g/mol. The Morgan fingerprint density at radius 2 is 1.96 bits per heavy atom. The highest BCUT2D eigenvalue weighted by atomic mass is 16.6. The van der Waals surface area contributed by atoms with Crippen molar-refractivity contribution in [3.05, 3.63) is 23.3 Å². The Balaban J connectivity index is 1.65. The smallest absolute Gasteiger partial charge is 0.409 e.